The summed E-state index contributed by atoms with van der Waals surface area (Å²) < 4.78 is 10.1. The van der Waals surface area contributed by atoms with Crippen LogP contribution < -0.4 is 0 Å². The zero-order chi connectivity index (χ0) is 7.65. The van der Waals surface area contributed by atoms with E-state index in [1.165, 1.54) is 0 Å². The Bertz CT molecular complexity index is 126. The number of aliphatic hydroxyl groups is 2. The number of rotatable bonds is 2. The second-order valence-corrected chi connectivity index (χ2v) is 3.45. The molecule has 0 aromatic rings. The van der Waals surface area contributed by atoms with Gasteiger partial charge in [0.25, 0.3) is 0 Å². The van der Waals surface area contributed by atoms with E-state index in [0.29, 0.717) is 0 Å². The summed E-state index contributed by atoms with van der Waals surface area (Å²) in [6, 6.07) is 0. The average molecular weight is 156 g/mol. The Hall–Kier alpha value is 0.0700. The van der Waals surface area contributed by atoms with Gasteiger partial charge in [0.15, 0.2) is 5.85 Å². The Labute approximate surface area is 52.1 Å². The SMILES string of the molecule is C[C@@H](O)C(O)P(=O)(O)O. The predicted molar refractivity (Wildman–Crippen MR) is 29.7 cm³/mol. The highest BCUT2D eigenvalue weighted by molar-refractivity contribution is 7.52. The van der Waals surface area contributed by atoms with Gasteiger partial charge in [0.05, 0.1) is 6.10 Å². The van der Waals surface area contributed by atoms with Crippen LogP contribution in [0.3, 0.4) is 0 Å². The summed E-state index contributed by atoms with van der Waals surface area (Å²) in [5, 5.41) is 16.9. The third kappa shape index (κ3) is 2.93. The molecule has 0 spiro atoms. The highest BCUT2D eigenvalue weighted by Crippen LogP contribution is 2.40. The Balaban J connectivity index is 4.05. The molecule has 6 heteroatoms. The van der Waals surface area contributed by atoms with Gasteiger partial charge in [0, 0.05) is 0 Å². The molecule has 9 heavy (non-hydrogen) atoms. The molecule has 0 aliphatic rings. The molecule has 0 aliphatic heterocycles. The first-order valence-electron chi connectivity index (χ1n) is 2.27. The van der Waals surface area contributed by atoms with Gasteiger partial charge in [0.1, 0.15) is 0 Å². The highest BCUT2D eigenvalue weighted by Gasteiger charge is 2.30. The molecule has 0 fully saturated rings. The molecule has 0 rings (SSSR count). The van der Waals surface area contributed by atoms with Crippen molar-refractivity contribution in [3.63, 3.8) is 0 Å². The van der Waals surface area contributed by atoms with Crippen molar-refractivity contribution in [1.82, 2.24) is 0 Å². The fraction of sp³-hybridized carbons (Fsp3) is 1.00. The normalized spacial score (nSPS) is 19.2. The summed E-state index contributed by atoms with van der Waals surface area (Å²) in [4.78, 5) is 16.3. The van der Waals surface area contributed by atoms with Crippen LogP contribution in [0.5, 0.6) is 0 Å². The summed E-state index contributed by atoms with van der Waals surface area (Å²) in [5.41, 5.74) is 0. The van der Waals surface area contributed by atoms with E-state index < -0.39 is 19.5 Å². The second kappa shape index (κ2) is 2.77. The summed E-state index contributed by atoms with van der Waals surface area (Å²) in [5.74, 6) is -1.96. The molecule has 0 radical (unpaired) electrons. The minimum Gasteiger partial charge on any atom is -0.390 e. The summed E-state index contributed by atoms with van der Waals surface area (Å²) >= 11 is 0. The van der Waals surface area contributed by atoms with Crippen molar-refractivity contribution in [2.75, 3.05) is 0 Å². The maximum Gasteiger partial charge on any atom is 0.356 e. The lowest BCUT2D eigenvalue weighted by molar-refractivity contribution is 0.0641. The number of aliphatic hydroxyl groups excluding tert-OH is 2. The van der Waals surface area contributed by atoms with E-state index in [2.05, 4.69) is 0 Å². The quantitative estimate of drug-likeness (QED) is 0.379. The van der Waals surface area contributed by atoms with Crippen LogP contribution in [0.15, 0.2) is 0 Å². The van der Waals surface area contributed by atoms with Gasteiger partial charge in [-0.1, -0.05) is 0 Å². The Morgan fingerprint density at radius 3 is 1.67 bits per heavy atom. The zero-order valence-electron chi connectivity index (χ0n) is 4.80. The molecule has 0 bridgehead atoms. The van der Waals surface area contributed by atoms with Crippen molar-refractivity contribution >= 4 is 7.60 Å². The summed E-state index contributed by atoms with van der Waals surface area (Å²) in [6.45, 7) is 1.10. The van der Waals surface area contributed by atoms with E-state index in [0.717, 1.165) is 6.92 Å². The van der Waals surface area contributed by atoms with Gasteiger partial charge in [0.2, 0.25) is 0 Å². The van der Waals surface area contributed by atoms with Crippen molar-refractivity contribution in [3.05, 3.63) is 0 Å². The van der Waals surface area contributed by atoms with Crippen LogP contribution >= 0.6 is 7.60 Å². The molecule has 0 heterocycles. The van der Waals surface area contributed by atoms with E-state index in [-0.39, 0.29) is 0 Å². The van der Waals surface area contributed by atoms with Crippen LogP contribution in [-0.4, -0.2) is 31.9 Å². The van der Waals surface area contributed by atoms with Crippen LogP contribution in [0.2, 0.25) is 0 Å². The van der Waals surface area contributed by atoms with Crippen LogP contribution in [-0.2, 0) is 4.57 Å². The lowest BCUT2D eigenvalue weighted by Crippen LogP contribution is -2.21. The zero-order valence-corrected chi connectivity index (χ0v) is 5.69. The van der Waals surface area contributed by atoms with Crippen molar-refractivity contribution in [3.8, 4) is 0 Å². The monoisotopic (exact) mass is 156 g/mol. The van der Waals surface area contributed by atoms with E-state index in [9.17, 15) is 4.57 Å². The van der Waals surface area contributed by atoms with Gasteiger partial charge in [-0.05, 0) is 6.92 Å². The fourth-order valence-electron chi connectivity index (χ4n) is 0.281. The molecule has 0 amide bonds. The minimum absolute atomic E-state index is 1.10. The Morgan fingerprint density at radius 1 is 1.33 bits per heavy atom. The van der Waals surface area contributed by atoms with Crippen molar-refractivity contribution in [2.24, 2.45) is 0 Å². The third-order valence-electron chi connectivity index (χ3n) is 0.776. The summed E-state index contributed by atoms with van der Waals surface area (Å²) in [7, 11) is -4.51. The highest BCUT2D eigenvalue weighted by atomic mass is 31.2. The van der Waals surface area contributed by atoms with Gasteiger partial charge < -0.3 is 20.0 Å². The number of hydrogen-bond acceptors (Lipinski definition) is 3. The number of hydrogen-bond donors (Lipinski definition) is 4. The molecular weight excluding hydrogens is 147 g/mol. The average Bonchev–Trinajstić information content (AvgIpc) is 1.62. The smallest absolute Gasteiger partial charge is 0.356 e. The maximum absolute atomic E-state index is 10.1. The van der Waals surface area contributed by atoms with Crippen molar-refractivity contribution in [1.29, 1.82) is 0 Å². The molecule has 4 N–H and O–H groups in total. The second-order valence-electron chi connectivity index (χ2n) is 1.74. The van der Waals surface area contributed by atoms with Crippen LogP contribution in [0.1, 0.15) is 6.92 Å². The van der Waals surface area contributed by atoms with E-state index in [1.807, 2.05) is 0 Å². The van der Waals surface area contributed by atoms with Crippen LogP contribution in [0.4, 0.5) is 0 Å². The standard InChI is InChI=1S/C3H9O5P/c1-2(4)3(5)9(6,7)8/h2-5H,1H3,(H2,6,7,8)/t2-,3?/m1/s1. The Kier molecular flexibility index (Phi) is 2.79. The summed E-state index contributed by atoms with van der Waals surface area (Å²) in [6.07, 6.45) is -1.40. The molecule has 0 saturated heterocycles. The molecule has 2 atom stereocenters. The van der Waals surface area contributed by atoms with Gasteiger partial charge in [-0.2, -0.15) is 0 Å². The van der Waals surface area contributed by atoms with E-state index >= 15 is 0 Å². The topological polar surface area (TPSA) is 98.0 Å². The molecular formula is C3H9O5P. The Morgan fingerprint density at radius 2 is 1.67 bits per heavy atom. The van der Waals surface area contributed by atoms with Gasteiger partial charge in [-0.25, -0.2) is 0 Å². The minimum atomic E-state index is -4.51. The van der Waals surface area contributed by atoms with Crippen LogP contribution in [0, 0.1) is 0 Å². The first-order chi connectivity index (χ1) is 3.85. The van der Waals surface area contributed by atoms with Crippen molar-refractivity contribution in [2.45, 2.75) is 18.9 Å². The molecule has 5 nitrogen and oxygen atoms in total. The molecule has 0 aromatic carbocycles. The molecule has 56 valence electrons. The van der Waals surface area contributed by atoms with E-state index in [1.54, 1.807) is 0 Å². The first-order valence-corrected chi connectivity index (χ1v) is 3.95. The molecule has 0 aliphatic carbocycles. The van der Waals surface area contributed by atoms with Gasteiger partial charge >= 0.3 is 7.60 Å². The third-order valence-corrected chi connectivity index (χ3v) is 1.90. The molecule has 0 saturated carbocycles. The first kappa shape index (κ1) is 9.07. The van der Waals surface area contributed by atoms with E-state index in [4.69, 9.17) is 20.0 Å². The fourth-order valence-corrected chi connectivity index (χ4v) is 0.843. The predicted octanol–water partition coefficient (Wildman–Crippen LogP) is -1.14. The van der Waals surface area contributed by atoms with Gasteiger partial charge in [-0.15, -0.1) is 0 Å². The van der Waals surface area contributed by atoms with Gasteiger partial charge in [-0.3, -0.25) is 4.57 Å². The lowest BCUT2D eigenvalue weighted by Gasteiger charge is -2.13. The molecule has 0 aromatic heterocycles. The lowest BCUT2D eigenvalue weighted by atomic mass is 10.4. The van der Waals surface area contributed by atoms with Crippen molar-refractivity contribution < 1.29 is 24.6 Å². The largest absolute Gasteiger partial charge is 0.390 e. The van der Waals surface area contributed by atoms with Crippen LogP contribution in [0.25, 0.3) is 0 Å². The molecule has 1 unspecified atom stereocenters. The maximum atomic E-state index is 10.1.